The summed E-state index contributed by atoms with van der Waals surface area (Å²) in [4.78, 5) is 51.3. The van der Waals surface area contributed by atoms with Crippen LogP contribution < -0.4 is 16.0 Å². The molecule has 21 aliphatic rings. The monoisotopic (exact) mass is 1660 g/mol. The molecule has 21 aliphatic heterocycles. The lowest BCUT2D eigenvalue weighted by atomic mass is 9.95. The third-order valence-corrected chi connectivity index (χ3v) is 22.2. The van der Waals surface area contributed by atoms with Gasteiger partial charge in [-0.05, 0) is 14.0 Å². The normalized spacial score (nSPS) is 43.0. The maximum Gasteiger partial charge on any atom is 0.238 e. The van der Waals surface area contributed by atoms with Gasteiger partial charge in [0.05, 0.1) is 83.6 Å². The average molecular weight is 1660 g/mol. The summed E-state index contributed by atoms with van der Waals surface area (Å²) in [6, 6.07) is -0.860. The van der Waals surface area contributed by atoms with Crippen molar-refractivity contribution in [3.63, 3.8) is 0 Å². The SMILES string of the molecule is CNC(CSCC1O[C@H]2O[C@@H]3C(CO)O[C@H](O[C@@H]4C(CO)O[C@H](O[C@@H]5C(CO)O[C@@H](O[C@@H]6C(CSCC(CC(=O)CCOCCOCCC(C)=O)C(=O)NCCS)O[C@H](O[C@@H]7C(CO)O[C@@H](O[C@@H]8C(CO)O[C@@H](O[C@H]1[C@H](O)C2O)C(O)[C@H]8O)C(O)[C@H]7O)C(O)[C@H]6O)C(O)[C@H]5O)C(O)[C@H]4O)C(O)[C@H]3O)C(=O)NCCS. The maximum atomic E-state index is 13.7. The fourth-order valence-corrected chi connectivity index (χ4v) is 15.9. The van der Waals surface area contributed by atoms with Gasteiger partial charge < -0.3 is 189 Å². The van der Waals surface area contributed by atoms with E-state index >= 15 is 0 Å². The Kier molecular flexibility index (Phi) is 38.0. The minimum Gasteiger partial charge on any atom is -0.394 e. The van der Waals surface area contributed by atoms with E-state index in [1.165, 1.54) is 14.0 Å². The van der Waals surface area contributed by atoms with Crippen LogP contribution in [0.15, 0.2) is 0 Å². The Labute approximate surface area is 644 Å². The van der Waals surface area contributed by atoms with Crippen molar-refractivity contribution in [2.45, 2.75) is 247 Å². The molecule has 21 fully saturated rings. The number of hydrogen-bond donors (Lipinski definition) is 24. The number of carbonyl (C=O) groups excluding carboxylic acids is 4. The average Bonchev–Trinajstić information content (AvgIpc) is 0.804. The number of hydrogen-bond acceptors (Lipinski definition) is 44. The zero-order valence-corrected chi connectivity index (χ0v) is 62.8. The third-order valence-electron chi connectivity index (χ3n) is 19.4. The maximum absolute atomic E-state index is 13.7. The van der Waals surface area contributed by atoms with Gasteiger partial charge in [-0.25, -0.2) is 0 Å². The van der Waals surface area contributed by atoms with Gasteiger partial charge in [-0.1, -0.05) is 0 Å². The van der Waals surface area contributed by atoms with E-state index in [1.807, 2.05) is 0 Å². The molecule has 21 heterocycles. The molecule has 21 rings (SSSR count). The van der Waals surface area contributed by atoms with Crippen molar-refractivity contribution in [1.29, 1.82) is 0 Å². The summed E-state index contributed by atoms with van der Waals surface area (Å²) in [6.07, 6.45) is -72.0. The molecular formula is C63H107N3O39S4. The number of thiol groups is 2. The second kappa shape index (κ2) is 44.7. The minimum atomic E-state index is -2.29. The molecule has 0 aliphatic carbocycles. The zero-order chi connectivity index (χ0) is 79.7. The number of amides is 2. The number of ether oxygens (including phenoxy) is 16. The lowest BCUT2D eigenvalue weighted by Crippen LogP contribution is -2.68. The summed E-state index contributed by atoms with van der Waals surface area (Å²) in [6.45, 7) is -3.37. The second-order valence-corrected chi connectivity index (χ2v) is 30.1. The van der Waals surface area contributed by atoms with Crippen LogP contribution in [-0.4, -0.2) is 456 Å². The number of nitrogens with one attached hydrogen (secondary N) is 3. The van der Waals surface area contributed by atoms with Crippen LogP contribution in [0.4, 0.5) is 0 Å². The van der Waals surface area contributed by atoms with E-state index in [9.17, 15) is 116 Å². The Morgan fingerprint density at radius 3 is 0.908 bits per heavy atom. The fourth-order valence-electron chi connectivity index (χ4n) is 13.3. The van der Waals surface area contributed by atoms with Crippen molar-refractivity contribution in [1.82, 2.24) is 16.0 Å². The van der Waals surface area contributed by atoms with E-state index < -0.39 is 278 Å². The minimum absolute atomic E-state index is 0.0103. The van der Waals surface area contributed by atoms with Crippen LogP contribution in [0.1, 0.15) is 26.2 Å². The van der Waals surface area contributed by atoms with Crippen LogP contribution in [0.2, 0.25) is 0 Å². The van der Waals surface area contributed by atoms with Gasteiger partial charge in [0.2, 0.25) is 11.8 Å². The van der Waals surface area contributed by atoms with Crippen molar-refractivity contribution >= 4 is 72.2 Å². The molecule has 0 aromatic rings. The van der Waals surface area contributed by atoms with Gasteiger partial charge in [0, 0.05) is 66.9 Å². The van der Waals surface area contributed by atoms with Gasteiger partial charge >= 0.3 is 0 Å². The first kappa shape index (κ1) is 92.7. The highest BCUT2D eigenvalue weighted by Crippen LogP contribution is 2.40. The molecule has 109 heavy (non-hydrogen) atoms. The van der Waals surface area contributed by atoms with Crippen molar-refractivity contribution in [2.75, 3.05) is 114 Å². The van der Waals surface area contributed by atoms with Crippen LogP contribution in [-0.2, 0) is 95.0 Å². The van der Waals surface area contributed by atoms with E-state index in [-0.39, 0.29) is 93.3 Å². The van der Waals surface area contributed by atoms with Gasteiger partial charge in [-0.3, -0.25) is 19.2 Å². The zero-order valence-electron chi connectivity index (χ0n) is 59.4. The standard InChI is InChI=1S/C63H107N3O39S4/c1-23(72)3-7-90-9-10-91-8-4-25(73)13-24(55(88)65-5-11-106)19-108-21-32-53-39(79)46(86)62(97-32)102-51-30(17-70)93-59(42(82)35(51)75)101-50-29(16-69)96-61(45(85)38(50)78)105-54-33(22-109-20-26(64-2)56(89)66-6-12-107)98-63(47(87)40(54)80)103-52-31(18-71)94-58(43(83)36(52)76)99-48-27(14-67)92-57(41(81)34(48)74)100-49-28(15-68)95-60(104-53)44(84)37(49)77/h24,26-54,57-64,67-71,74-87,106-107H,3-22H2,1-2H3,(H,65,88)(H,66,89)/t24?,26?,27?,28?,29?,30?,31?,32?,33?,34-,35-,36-,37-,38-,39-,40-,41?,42?,43?,44?,45?,46?,47?,48-,49-,50-,51-,52-,53-,54-,57-,58-,59+,60+,61+,62-,63+/m1/s1. The Balaban J connectivity index is 1.09. The largest absolute Gasteiger partial charge is 0.394 e. The molecule has 2 amide bonds. The predicted molar refractivity (Wildman–Crippen MR) is 370 cm³/mol. The fraction of sp³-hybridized carbons (Fsp3) is 0.937. The van der Waals surface area contributed by atoms with Crippen molar-refractivity contribution in [2.24, 2.45) is 5.92 Å². The quantitative estimate of drug-likeness (QED) is 0.0226. The molecule has 37 atom stereocenters. The van der Waals surface area contributed by atoms with Crippen LogP contribution >= 0.6 is 48.8 Å². The Morgan fingerprint density at radius 1 is 0.367 bits per heavy atom. The molecule has 0 radical (unpaired) electrons. The van der Waals surface area contributed by atoms with Crippen LogP contribution in [0.3, 0.4) is 0 Å². The highest BCUT2D eigenvalue weighted by Gasteiger charge is 2.60. The summed E-state index contributed by atoms with van der Waals surface area (Å²) in [5, 5.41) is 227. The Bertz CT molecular complexity index is 2740. The van der Waals surface area contributed by atoms with Gasteiger partial charge in [0.25, 0.3) is 0 Å². The molecule has 42 nitrogen and oxygen atoms in total. The first-order valence-electron chi connectivity index (χ1n) is 35.6. The van der Waals surface area contributed by atoms with Gasteiger partial charge in [-0.15, -0.1) is 0 Å². The topological polar surface area (TPSA) is 636 Å². The lowest BCUT2D eigenvalue weighted by Gasteiger charge is -2.50. The highest BCUT2D eigenvalue weighted by molar-refractivity contribution is 7.99. The predicted octanol–water partition coefficient (Wildman–Crippen LogP) is -13.1. The first-order chi connectivity index (χ1) is 52.1. The lowest BCUT2D eigenvalue weighted by molar-refractivity contribution is -0.395. The van der Waals surface area contributed by atoms with E-state index in [2.05, 4.69) is 41.2 Å². The molecule has 0 saturated carbocycles. The summed E-state index contributed by atoms with van der Waals surface area (Å²) in [5.74, 6) is -2.89. The van der Waals surface area contributed by atoms with Crippen LogP contribution in [0, 0.1) is 5.92 Å². The van der Waals surface area contributed by atoms with E-state index in [4.69, 9.17) is 75.8 Å². The third kappa shape index (κ3) is 23.6. The highest BCUT2D eigenvalue weighted by atomic mass is 32.2. The molecule has 16 unspecified atom stereocenters. The second-order valence-electron chi connectivity index (χ2n) is 27.1. The summed E-state index contributed by atoms with van der Waals surface area (Å²) >= 11 is 10.2. The van der Waals surface area contributed by atoms with E-state index in [0.717, 1.165) is 23.5 Å². The van der Waals surface area contributed by atoms with Crippen molar-refractivity contribution in [3.05, 3.63) is 0 Å². The van der Waals surface area contributed by atoms with Gasteiger partial charge in [-0.2, -0.15) is 48.8 Å². The number of carbonyl (C=O) groups is 4. The molecule has 21 saturated heterocycles. The number of ketones is 2. The van der Waals surface area contributed by atoms with Gasteiger partial charge in [0.15, 0.2) is 44.0 Å². The molecule has 0 aromatic carbocycles. The van der Waals surface area contributed by atoms with E-state index in [1.54, 1.807) is 0 Å². The number of thioether (sulfide) groups is 2. The number of aliphatic hydroxyl groups is 19. The Morgan fingerprint density at radius 2 is 0.633 bits per heavy atom. The molecule has 46 heteroatoms. The molecule has 14 bridgehead atoms. The number of aliphatic hydroxyl groups excluding tert-OH is 19. The number of likely N-dealkylation sites (N-methyl/N-ethyl adjacent to an activating group) is 1. The number of rotatable bonds is 31. The van der Waals surface area contributed by atoms with Gasteiger partial charge in [0.1, 0.15) is 170 Å². The van der Waals surface area contributed by atoms with Crippen molar-refractivity contribution in [3.8, 4) is 0 Å². The van der Waals surface area contributed by atoms with Crippen LogP contribution in [0.5, 0.6) is 0 Å². The molecule has 632 valence electrons. The van der Waals surface area contributed by atoms with Crippen LogP contribution in [0.25, 0.3) is 0 Å². The molecular weight excluding hydrogens is 1550 g/mol. The Hall–Kier alpha value is -1.76. The first-order valence-corrected chi connectivity index (χ1v) is 39.2. The molecule has 22 N–H and O–H groups in total. The van der Waals surface area contributed by atoms with Crippen molar-refractivity contribution < 1.29 is 192 Å². The molecule has 0 spiro atoms. The van der Waals surface area contributed by atoms with E-state index in [0.29, 0.717) is 5.75 Å². The molecule has 0 aromatic heterocycles. The smallest absolute Gasteiger partial charge is 0.238 e. The summed E-state index contributed by atoms with van der Waals surface area (Å²) in [5.41, 5.74) is 0. The number of Topliss-reactive ketones (excluding diaryl/α,β-unsaturated/α-hetero) is 2. The summed E-state index contributed by atoms with van der Waals surface area (Å²) in [7, 11) is 1.50. The summed E-state index contributed by atoms with van der Waals surface area (Å²) < 4.78 is 94.6.